The predicted octanol–water partition coefficient (Wildman–Crippen LogP) is 1.09. The van der Waals surface area contributed by atoms with Gasteiger partial charge < -0.3 is 14.3 Å². The number of nitrogens with zero attached hydrogens (tertiary/aromatic N) is 1. The Kier molecular flexibility index (Phi) is 4.70. The van der Waals surface area contributed by atoms with Gasteiger partial charge in [0.25, 0.3) is 10.0 Å². The van der Waals surface area contributed by atoms with Crippen LogP contribution in [0.2, 0.25) is 0 Å². The van der Waals surface area contributed by atoms with E-state index < -0.39 is 22.1 Å². The van der Waals surface area contributed by atoms with Gasteiger partial charge in [-0.2, -0.15) is 4.31 Å². The average Bonchev–Trinajstić information content (AvgIpc) is 2.87. The third-order valence-electron chi connectivity index (χ3n) is 3.72. The molecular formula is C13H19NO6S. The van der Waals surface area contributed by atoms with E-state index in [0.717, 1.165) is 5.56 Å². The number of methoxy groups -OCH3 is 1. The number of hydrogen-bond acceptors (Lipinski definition) is 5. The normalized spacial score (nSPS) is 19.5. The van der Waals surface area contributed by atoms with Gasteiger partial charge in [0.2, 0.25) is 5.09 Å². The van der Waals surface area contributed by atoms with Crippen LogP contribution in [0.25, 0.3) is 0 Å². The second kappa shape index (κ2) is 6.17. The molecule has 1 atom stereocenters. The number of ether oxygens (including phenoxy) is 1. The standard InChI is InChI=1S/C13H19NO6S/c1-9-7-11(20-8-9)21(17,18)14-5-3-10(4-6-14)12(19-2)13(15)16/h7-8,10,12H,3-6H2,1-2H3,(H,15,16). The van der Waals surface area contributed by atoms with Crippen LogP contribution in [0.4, 0.5) is 0 Å². The largest absolute Gasteiger partial charge is 0.479 e. The molecule has 0 radical (unpaired) electrons. The number of piperidine rings is 1. The van der Waals surface area contributed by atoms with Crippen LogP contribution in [-0.2, 0) is 19.6 Å². The Morgan fingerprint density at radius 2 is 2.10 bits per heavy atom. The first-order valence-electron chi connectivity index (χ1n) is 6.67. The summed E-state index contributed by atoms with van der Waals surface area (Å²) in [6, 6.07) is 1.48. The zero-order valence-corrected chi connectivity index (χ0v) is 12.8. The topological polar surface area (TPSA) is 97.0 Å². The molecule has 0 aromatic carbocycles. The highest BCUT2D eigenvalue weighted by Crippen LogP contribution is 2.27. The van der Waals surface area contributed by atoms with Crippen molar-refractivity contribution in [2.45, 2.75) is 31.0 Å². The average molecular weight is 317 g/mol. The first-order chi connectivity index (χ1) is 9.86. The summed E-state index contributed by atoms with van der Waals surface area (Å²) in [5, 5.41) is 8.99. The van der Waals surface area contributed by atoms with E-state index in [-0.39, 0.29) is 24.1 Å². The van der Waals surface area contributed by atoms with E-state index in [4.69, 9.17) is 14.3 Å². The van der Waals surface area contributed by atoms with Crippen LogP contribution in [0.5, 0.6) is 0 Å². The molecule has 1 aliphatic rings. The van der Waals surface area contributed by atoms with E-state index in [1.807, 2.05) is 0 Å². The summed E-state index contributed by atoms with van der Waals surface area (Å²) >= 11 is 0. The maximum atomic E-state index is 12.4. The van der Waals surface area contributed by atoms with Gasteiger partial charge in [0.15, 0.2) is 6.10 Å². The van der Waals surface area contributed by atoms with Crippen LogP contribution in [0.3, 0.4) is 0 Å². The number of aliphatic carboxylic acids is 1. The van der Waals surface area contributed by atoms with Crippen molar-refractivity contribution in [3.8, 4) is 0 Å². The van der Waals surface area contributed by atoms with E-state index in [1.54, 1.807) is 6.92 Å². The van der Waals surface area contributed by atoms with Gasteiger partial charge in [-0.05, 0) is 31.2 Å². The van der Waals surface area contributed by atoms with Crippen molar-refractivity contribution in [1.29, 1.82) is 0 Å². The molecule has 1 aromatic rings. The Balaban J connectivity index is 2.05. The summed E-state index contributed by atoms with van der Waals surface area (Å²) in [6.07, 6.45) is 1.40. The summed E-state index contributed by atoms with van der Waals surface area (Å²) in [5.41, 5.74) is 0.744. The molecule has 1 unspecified atom stereocenters. The van der Waals surface area contributed by atoms with E-state index >= 15 is 0 Å². The van der Waals surface area contributed by atoms with Gasteiger partial charge in [-0.25, -0.2) is 13.2 Å². The summed E-state index contributed by atoms with van der Waals surface area (Å²) in [6.45, 7) is 2.28. The lowest BCUT2D eigenvalue weighted by Crippen LogP contribution is -2.43. The Hall–Kier alpha value is -1.38. The van der Waals surface area contributed by atoms with Crippen LogP contribution in [0, 0.1) is 12.8 Å². The molecule has 2 rings (SSSR count). The maximum absolute atomic E-state index is 12.4. The molecule has 0 bridgehead atoms. The zero-order valence-electron chi connectivity index (χ0n) is 12.0. The van der Waals surface area contributed by atoms with Gasteiger partial charge in [-0.15, -0.1) is 0 Å². The third-order valence-corrected chi connectivity index (χ3v) is 5.49. The maximum Gasteiger partial charge on any atom is 0.333 e. The molecule has 118 valence electrons. The molecule has 0 aliphatic carbocycles. The molecule has 2 heterocycles. The Morgan fingerprint density at radius 1 is 1.48 bits per heavy atom. The first-order valence-corrected chi connectivity index (χ1v) is 8.11. The predicted molar refractivity (Wildman–Crippen MR) is 73.4 cm³/mol. The second-order valence-corrected chi connectivity index (χ2v) is 7.05. The molecule has 7 nitrogen and oxygen atoms in total. The minimum Gasteiger partial charge on any atom is -0.479 e. The number of rotatable bonds is 5. The molecular weight excluding hydrogens is 298 g/mol. The van der Waals surface area contributed by atoms with Crippen molar-refractivity contribution in [2.24, 2.45) is 5.92 Å². The number of sulfonamides is 1. The van der Waals surface area contributed by atoms with Crippen molar-refractivity contribution in [2.75, 3.05) is 20.2 Å². The fourth-order valence-corrected chi connectivity index (χ4v) is 4.03. The number of carbonyl (C=O) groups is 1. The molecule has 1 aromatic heterocycles. The summed E-state index contributed by atoms with van der Waals surface area (Å²) in [7, 11) is -2.28. The highest BCUT2D eigenvalue weighted by molar-refractivity contribution is 7.89. The summed E-state index contributed by atoms with van der Waals surface area (Å²) in [5.74, 6) is -1.20. The van der Waals surface area contributed by atoms with Gasteiger partial charge >= 0.3 is 5.97 Å². The SMILES string of the molecule is COC(C(=O)O)C1CCN(S(=O)(=O)c2cc(C)co2)CC1. The molecule has 1 saturated heterocycles. The lowest BCUT2D eigenvalue weighted by molar-refractivity contribution is -0.152. The van der Waals surface area contributed by atoms with E-state index in [2.05, 4.69) is 0 Å². The lowest BCUT2D eigenvalue weighted by atomic mass is 9.92. The number of hydrogen-bond donors (Lipinski definition) is 1. The molecule has 1 aliphatic heterocycles. The zero-order chi connectivity index (χ0) is 15.6. The Bertz CT molecular complexity index is 600. The van der Waals surface area contributed by atoms with Crippen molar-refractivity contribution in [1.82, 2.24) is 4.31 Å². The van der Waals surface area contributed by atoms with Crippen LogP contribution < -0.4 is 0 Å². The fraction of sp³-hybridized carbons (Fsp3) is 0.615. The summed E-state index contributed by atoms with van der Waals surface area (Å²) in [4.78, 5) is 11.1. The smallest absolute Gasteiger partial charge is 0.333 e. The fourth-order valence-electron chi connectivity index (χ4n) is 2.58. The molecule has 8 heteroatoms. The van der Waals surface area contributed by atoms with Gasteiger partial charge in [0.1, 0.15) is 0 Å². The molecule has 1 N–H and O–H groups in total. The van der Waals surface area contributed by atoms with Crippen LogP contribution >= 0.6 is 0 Å². The van der Waals surface area contributed by atoms with Gasteiger partial charge in [0, 0.05) is 26.3 Å². The van der Waals surface area contributed by atoms with E-state index in [0.29, 0.717) is 12.8 Å². The van der Waals surface area contributed by atoms with E-state index in [9.17, 15) is 13.2 Å². The summed E-state index contributed by atoms with van der Waals surface area (Å²) < 4.78 is 36.1. The van der Waals surface area contributed by atoms with Crippen LogP contribution in [0.1, 0.15) is 18.4 Å². The van der Waals surface area contributed by atoms with E-state index in [1.165, 1.54) is 23.7 Å². The first kappa shape index (κ1) is 16.0. The Morgan fingerprint density at radius 3 is 2.52 bits per heavy atom. The lowest BCUT2D eigenvalue weighted by Gasteiger charge is -2.32. The van der Waals surface area contributed by atoms with Gasteiger partial charge in [-0.3, -0.25) is 0 Å². The van der Waals surface area contributed by atoms with Crippen molar-refractivity contribution < 1.29 is 27.5 Å². The third kappa shape index (κ3) is 3.28. The second-order valence-electron chi connectivity index (χ2n) is 5.18. The molecule has 0 amide bonds. The highest BCUT2D eigenvalue weighted by atomic mass is 32.2. The molecule has 0 saturated carbocycles. The van der Waals surface area contributed by atoms with Crippen molar-refractivity contribution >= 4 is 16.0 Å². The number of carboxylic acid groups (broad SMARTS) is 1. The minimum atomic E-state index is -3.64. The number of aryl methyl sites for hydroxylation is 1. The quantitative estimate of drug-likeness (QED) is 0.873. The Labute approximate surface area is 123 Å². The van der Waals surface area contributed by atoms with Crippen LogP contribution in [0.15, 0.2) is 21.8 Å². The molecule has 0 spiro atoms. The molecule has 1 fully saturated rings. The monoisotopic (exact) mass is 317 g/mol. The van der Waals surface area contributed by atoms with Crippen molar-refractivity contribution in [3.05, 3.63) is 17.9 Å². The molecule has 21 heavy (non-hydrogen) atoms. The number of furan rings is 1. The highest BCUT2D eigenvalue weighted by Gasteiger charge is 2.36. The van der Waals surface area contributed by atoms with Crippen LogP contribution in [-0.4, -0.2) is 50.1 Å². The van der Waals surface area contributed by atoms with Crippen molar-refractivity contribution in [3.63, 3.8) is 0 Å². The van der Waals surface area contributed by atoms with Gasteiger partial charge in [0.05, 0.1) is 6.26 Å². The minimum absolute atomic E-state index is 0.0695. The van der Waals surface area contributed by atoms with Gasteiger partial charge in [-0.1, -0.05) is 0 Å². The number of carboxylic acids is 1.